The third-order valence-corrected chi connectivity index (χ3v) is 17.3. The topological polar surface area (TPSA) is 108 Å². The van der Waals surface area contributed by atoms with Crippen LogP contribution in [0.1, 0.15) is 322 Å². The molecule has 0 amide bonds. The number of allylic oxidation sites excluding steroid dienone is 24. The molecule has 538 valence electrons. The van der Waals surface area contributed by atoms with Gasteiger partial charge in [-0.2, -0.15) is 0 Å². The van der Waals surface area contributed by atoms with Crippen molar-refractivity contribution < 1.29 is 42.1 Å². The lowest BCUT2D eigenvalue weighted by molar-refractivity contribution is -0.870. The molecule has 94 heavy (non-hydrogen) atoms. The van der Waals surface area contributed by atoms with Gasteiger partial charge in [0.1, 0.15) is 19.8 Å². The van der Waals surface area contributed by atoms with E-state index in [0.29, 0.717) is 17.4 Å². The normalized spacial score (nSPS) is 13.9. The van der Waals surface area contributed by atoms with Crippen molar-refractivity contribution in [3.8, 4) is 0 Å². The van der Waals surface area contributed by atoms with E-state index < -0.39 is 26.5 Å². The Labute approximate surface area is 580 Å². The number of phosphoric acid groups is 1. The number of hydrogen-bond acceptors (Lipinski definition) is 7. The van der Waals surface area contributed by atoms with Gasteiger partial charge in [0.2, 0.25) is 0 Å². The zero-order chi connectivity index (χ0) is 68.3. The van der Waals surface area contributed by atoms with E-state index in [0.717, 1.165) is 103 Å². The molecule has 0 bridgehead atoms. The molecular formula is C84H145NO8P+. The number of nitrogens with zero attached hydrogens (tertiary/aromatic N) is 1. The Hall–Kier alpha value is -4.11. The van der Waals surface area contributed by atoms with Crippen LogP contribution in [0, 0.1) is 0 Å². The van der Waals surface area contributed by atoms with E-state index in [9.17, 15) is 19.0 Å². The van der Waals surface area contributed by atoms with Gasteiger partial charge in [0, 0.05) is 12.8 Å². The molecule has 1 N–H and O–H groups in total. The number of likely N-dealkylation sites (N-methyl/N-ethyl adjacent to an activating group) is 1. The van der Waals surface area contributed by atoms with E-state index in [2.05, 4.69) is 160 Å². The van der Waals surface area contributed by atoms with Gasteiger partial charge in [-0.3, -0.25) is 18.6 Å². The van der Waals surface area contributed by atoms with Crippen LogP contribution >= 0.6 is 7.82 Å². The maximum absolute atomic E-state index is 12.9. The molecule has 0 aromatic rings. The number of quaternary nitrogens is 1. The van der Waals surface area contributed by atoms with Crippen LogP contribution in [0.25, 0.3) is 0 Å². The molecule has 0 rings (SSSR count). The van der Waals surface area contributed by atoms with Crippen molar-refractivity contribution in [3.05, 3.63) is 146 Å². The predicted molar refractivity (Wildman–Crippen MR) is 408 cm³/mol. The first kappa shape index (κ1) is 89.9. The number of carbonyl (C=O) groups excluding carboxylic acids is 2. The second-order valence-electron chi connectivity index (χ2n) is 26.7. The van der Waals surface area contributed by atoms with Crippen LogP contribution in [0.3, 0.4) is 0 Å². The van der Waals surface area contributed by atoms with Crippen molar-refractivity contribution >= 4 is 19.8 Å². The Kier molecular flexibility index (Phi) is 69.9. The van der Waals surface area contributed by atoms with Crippen molar-refractivity contribution in [2.75, 3.05) is 47.5 Å². The van der Waals surface area contributed by atoms with Crippen LogP contribution in [0.15, 0.2) is 146 Å². The van der Waals surface area contributed by atoms with Gasteiger partial charge in [-0.1, -0.05) is 333 Å². The van der Waals surface area contributed by atoms with Crippen molar-refractivity contribution in [1.82, 2.24) is 0 Å². The Bertz CT molecular complexity index is 2100. The first-order chi connectivity index (χ1) is 46.0. The van der Waals surface area contributed by atoms with E-state index in [-0.39, 0.29) is 32.0 Å². The zero-order valence-electron chi connectivity index (χ0n) is 61.4. The molecule has 0 aromatic carbocycles. The SMILES string of the molecule is CC/C=C\C/C=C\C/C=C\C/C=C\C/C=C\C/C=C\C/C=C\C/C=C\C/C=C\C/C=C\CCCCC(=O)OC(COC(=O)CCCCCCCCCCCCCCCCCCCCCCCCCCC/C=C\C/C=C\CCCCCCC)COP(=O)(O)OCC[N+](C)(C)C. The third kappa shape index (κ3) is 76.9. The number of ether oxygens (including phenoxy) is 2. The molecule has 0 spiro atoms. The summed E-state index contributed by atoms with van der Waals surface area (Å²) in [5.74, 6) is -0.847. The standard InChI is InChI=1S/C84H144NO8P/c1-6-8-10-12-14-16-18-20-22-24-26-28-30-32-34-36-38-40-41-42-43-45-46-48-50-52-54-56-58-60-62-64-66-68-70-72-74-76-83(86)90-80-82(81-92-94(88,89)91-79-78-85(3,4)5)93-84(87)77-75-73-71-69-67-65-63-61-59-57-55-53-51-49-47-44-39-37-35-33-31-29-27-25-23-21-19-17-15-13-11-9-7-2/h9,11,15,17-18,20-21,23-24,26-27,29,33,35,39,44,49,51,55,57,61,63,67,69,82H,6-8,10,12-14,16,19,22,25,28,30-32,34,36-38,40-43,45-48,50,52-54,56,58-60,62,64-66,68,70-81H2,1-5H3/p+1/b11-9-,17-15-,20-18-,23-21-,26-24-,29-27-,35-33-,44-39-,51-49-,57-55-,63-61-,69-67-. The Morgan fingerprint density at radius 2 is 0.606 bits per heavy atom. The van der Waals surface area contributed by atoms with E-state index in [1.165, 1.54) is 186 Å². The smallest absolute Gasteiger partial charge is 0.462 e. The number of esters is 2. The van der Waals surface area contributed by atoms with Crippen LogP contribution in [-0.2, 0) is 32.7 Å². The highest BCUT2D eigenvalue weighted by molar-refractivity contribution is 7.47. The lowest BCUT2D eigenvalue weighted by Crippen LogP contribution is -2.37. The van der Waals surface area contributed by atoms with E-state index in [4.69, 9.17) is 18.5 Å². The van der Waals surface area contributed by atoms with Crippen molar-refractivity contribution in [3.63, 3.8) is 0 Å². The molecule has 0 saturated carbocycles. The maximum Gasteiger partial charge on any atom is 0.472 e. The van der Waals surface area contributed by atoms with Crippen LogP contribution in [0.5, 0.6) is 0 Å². The fourth-order valence-electron chi connectivity index (χ4n) is 10.5. The summed E-state index contributed by atoms with van der Waals surface area (Å²) in [4.78, 5) is 35.9. The highest BCUT2D eigenvalue weighted by atomic mass is 31.2. The van der Waals surface area contributed by atoms with Gasteiger partial charge in [0.25, 0.3) is 0 Å². The van der Waals surface area contributed by atoms with Crippen LogP contribution < -0.4 is 0 Å². The van der Waals surface area contributed by atoms with Crippen LogP contribution in [0.2, 0.25) is 0 Å². The monoisotopic (exact) mass is 1330 g/mol. The largest absolute Gasteiger partial charge is 0.472 e. The van der Waals surface area contributed by atoms with E-state index in [1.54, 1.807) is 0 Å². The molecule has 9 nitrogen and oxygen atoms in total. The Balaban J connectivity index is 4.07. The van der Waals surface area contributed by atoms with Crippen LogP contribution in [-0.4, -0.2) is 74.9 Å². The summed E-state index contributed by atoms with van der Waals surface area (Å²) in [5.41, 5.74) is 0. The summed E-state index contributed by atoms with van der Waals surface area (Å²) in [7, 11) is 1.44. The average Bonchev–Trinajstić information content (AvgIpc) is 1.56. The molecule has 2 unspecified atom stereocenters. The fraction of sp³-hybridized carbons (Fsp3) is 0.690. The number of phosphoric ester groups is 1. The molecule has 2 atom stereocenters. The lowest BCUT2D eigenvalue weighted by atomic mass is 10.0. The minimum absolute atomic E-state index is 0.0169. The van der Waals surface area contributed by atoms with Crippen molar-refractivity contribution in [2.45, 2.75) is 328 Å². The Morgan fingerprint density at radius 1 is 0.340 bits per heavy atom. The van der Waals surface area contributed by atoms with Gasteiger partial charge in [-0.15, -0.1) is 0 Å². The summed E-state index contributed by atoms with van der Waals surface area (Å²) in [6.45, 7) is 4.27. The maximum atomic E-state index is 12.9. The quantitative estimate of drug-likeness (QED) is 0.0211. The summed E-state index contributed by atoms with van der Waals surface area (Å²) in [6, 6.07) is 0. The summed E-state index contributed by atoms with van der Waals surface area (Å²) in [5, 5.41) is 0. The summed E-state index contributed by atoms with van der Waals surface area (Å²) < 4.78 is 34.7. The van der Waals surface area contributed by atoms with Gasteiger partial charge in [0.05, 0.1) is 27.7 Å². The zero-order valence-corrected chi connectivity index (χ0v) is 62.3. The summed E-state index contributed by atoms with van der Waals surface area (Å²) >= 11 is 0. The molecule has 0 fully saturated rings. The second-order valence-corrected chi connectivity index (χ2v) is 28.1. The van der Waals surface area contributed by atoms with E-state index in [1.807, 2.05) is 21.1 Å². The molecule has 10 heteroatoms. The lowest BCUT2D eigenvalue weighted by Gasteiger charge is -2.24. The first-order valence-corrected chi connectivity index (χ1v) is 40.1. The number of hydrogen-bond donors (Lipinski definition) is 1. The molecule has 0 aliphatic heterocycles. The van der Waals surface area contributed by atoms with Crippen molar-refractivity contribution in [2.24, 2.45) is 0 Å². The number of rotatable bonds is 70. The predicted octanol–water partition coefficient (Wildman–Crippen LogP) is 25.7. The average molecular weight is 1330 g/mol. The third-order valence-electron chi connectivity index (χ3n) is 16.4. The van der Waals surface area contributed by atoms with Gasteiger partial charge in [-0.25, -0.2) is 4.57 Å². The highest BCUT2D eigenvalue weighted by Crippen LogP contribution is 2.43. The molecule has 0 aliphatic carbocycles. The fourth-order valence-corrected chi connectivity index (χ4v) is 11.2. The van der Waals surface area contributed by atoms with Gasteiger partial charge in [-0.05, 0) is 122 Å². The van der Waals surface area contributed by atoms with Crippen LogP contribution in [0.4, 0.5) is 0 Å². The Morgan fingerprint density at radius 3 is 0.926 bits per heavy atom. The molecular weight excluding hydrogens is 1180 g/mol. The van der Waals surface area contributed by atoms with Crippen molar-refractivity contribution in [1.29, 1.82) is 0 Å². The number of unbranched alkanes of at least 4 members (excludes halogenated alkanes) is 32. The molecule has 0 aliphatic rings. The molecule has 0 radical (unpaired) electrons. The first-order valence-electron chi connectivity index (χ1n) is 38.6. The summed E-state index contributed by atoms with van der Waals surface area (Å²) in [6.07, 6.45) is 108. The van der Waals surface area contributed by atoms with Gasteiger partial charge >= 0.3 is 19.8 Å². The molecule has 0 saturated heterocycles. The highest BCUT2D eigenvalue weighted by Gasteiger charge is 2.27. The number of carbonyl (C=O) groups is 2. The van der Waals surface area contributed by atoms with Gasteiger partial charge in [0.15, 0.2) is 6.10 Å². The minimum Gasteiger partial charge on any atom is -0.462 e. The van der Waals surface area contributed by atoms with Gasteiger partial charge < -0.3 is 18.9 Å². The van der Waals surface area contributed by atoms with E-state index >= 15 is 0 Å². The molecule has 0 heterocycles. The molecule has 0 aromatic heterocycles. The minimum atomic E-state index is -4.42. The second kappa shape index (κ2) is 73.1.